The van der Waals surface area contributed by atoms with Crippen LogP contribution < -0.4 is 15.4 Å². The van der Waals surface area contributed by atoms with Crippen molar-refractivity contribution in [2.75, 3.05) is 19.0 Å². The third-order valence-electron chi connectivity index (χ3n) is 7.00. The molecule has 5 rings (SSSR count). The minimum atomic E-state index is -4.21. The van der Waals surface area contributed by atoms with Crippen LogP contribution in [0.1, 0.15) is 53.8 Å². The van der Waals surface area contributed by atoms with Crippen molar-refractivity contribution in [3.63, 3.8) is 0 Å². The molecule has 194 valence electrons. The number of nitrogens with zero attached hydrogens (tertiary/aromatic N) is 3. The molecule has 0 fully saturated rings. The summed E-state index contributed by atoms with van der Waals surface area (Å²) >= 11 is 0. The first-order chi connectivity index (χ1) is 17.7. The van der Waals surface area contributed by atoms with Gasteiger partial charge in [-0.3, -0.25) is 4.79 Å². The number of alkyl halides is 3. The van der Waals surface area contributed by atoms with Crippen LogP contribution in [-0.2, 0) is 16.8 Å². The van der Waals surface area contributed by atoms with Gasteiger partial charge in [-0.25, -0.2) is 0 Å². The SMILES string of the molecule is CNc1cc2c(cc1OCCCC(F)(F)F)CC[C@]21CC(c2ccc(C)cc2)=C(c2nn[nH]n2)C(=O)N1. The van der Waals surface area contributed by atoms with Crippen LogP contribution in [0.15, 0.2) is 36.4 Å². The number of fused-ring (bicyclic) bond motifs is 2. The maximum absolute atomic E-state index is 13.6. The fourth-order valence-electron chi connectivity index (χ4n) is 5.20. The van der Waals surface area contributed by atoms with Crippen molar-refractivity contribution < 1.29 is 22.7 Å². The average Bonchev–Trinajstić information content (AvgIpc) is 3.50. The van der Waals surface area contributed by atoms with Crippen molar-refractivity contribution in [3.8, 4) is 5.75 Å². The number of carbonyl (C=O) groups is 1. The molecule has 1 spiro atoms. The number of nitrogens with one attached hydrogen (secondary N) is 3. The Morgan fingerprint density at radius 2 is 1.97 bits per heavy atom. The van der Waals surface area contributed by atoms with E-state index < -0.39 is 18.1 Å². The van der Waals surface area contributed by atoms with E-state index in [9.17, 15) is 18.0 Å². The molecule has 1 aliphatic heterocycles. The van der Waals surface area contributed by atoms with Gasteiger partial charge in [0.15, 0.2) is 0 Å². The molecule has 2 heterocycles. The fraction of sp³-hybridized carbons (Fsp3) is 0.385. The molecule has 8 nitrogen and oxygen atoms in total. The smallest absolute Gasteiger partial charge is 0.389 e. The highest BCUT2D eigenvalue weighted by Crippen LogP contribution is 2.49. The van der Waals surface area contributed by atoms with Crippen LogP contribution in [0, 0.1) is 6.92 Å². The monoisotopic (exact) mass is 512 g/mol. The van der Waals surface area contributed by atoms with Gasteiger partial charge < -0.3 is 15.4 Å². The first-order valence-corrected chi connectivity index (χ1v) is 12.1. The van der Waals surface area contributed by atoms with Crippen molar-refractivity contribution in [1.82, 2.24) is 25.9 Å². The van der Waals surface area contributed by atoms with Gasteiger partial charge >= 0.3 is 6.18 Å². The second kappa shape index (κ2) is 9.53. The molecule has 0 radical (unpaired) electrons. The van der Waals surface area contributed by atoms with E-state index in [1.165, 1.54) is 0 Å². The Morgan fingerprint density at radius 1 is 1.19 bits per heavy atom. The molecule has 0 bridgehead atoms. The Labute approximate surface area is 211 Å². The molecule has 3 N–H and O–H groups in total. The maximum atomic E-state index is 13.6. The van der Waals surface area contributed by atoms with E-state index in [0.717, 1.165) is 27.8 Å². The summed E-state index contributed by atoms with van der Waals surface area (Å²) in [6, 6.07) is 11.8. The van der Waals surface area contributed by atoms with Crippen molar-refractivity contribution in [2.24, 2.45) is 0 Å². The molecule has 0 saturated heterocycles. The number of aromatic nitrogens is 4. The minimum Gasteiger partial charge on any atom is -0.491 e. The Balaban J connectivity index is 1.50. The highest BCUT2D eigenvalue weighted by Gasteiger charge is 2.46. The van der Waals surface area contributed by atoms with E-state index in [2.05, 4.69) is 31.3 Å². The number of ether oxygens (including phenoxy) is 1. The van der Waals surface area contributed by atoms with Gasteiger partial charge in [-0.15, -0.1) is 10.2 Å². The number of H-pyrrole nitrogens is 1. The van der Waals surface area contributed by atoms with Crippen LogP contribution in [0.2, 0.25) is 0 Å². The lowest BCUT2D eigenvalue weighted by molar-refractivity contribution is -0.136. The predicted octanol–water partition coefficient (Wildman–Crippen LogP) is 4.54. The first-order valence-electron chi connectivity index (χ1n) is 12.1. The third kappa shape index (κ3) is 4.90. The summed E-state index contributed by atoms with van der Waals surface area (Å²) in [4.78, 5) is 13.6. The zero-order valence-electron chi connectivity index (χ0n) is 20.5. The molecule has 0 unspecified atom stereocenters. The molecule has 1 atom stereocenters. The number of aromatic amines is 1. The van der Waals surface area contributed by atoms with E-state index in [4.69, 9.17) is 4.74 Å². The average molecular weight is 513 g/mol. The van der Waals surface area contributed by atoms with Gasteiger partial charge in [-0.2, -0.15) is 18.4 Å². The van der Waals surface area contributed by atoms with Gasteiger partial charge in [0.25, 0.3) is 5.91 Å². The fourth-order valence-corrected chi connectivity index (χ4v) is 5.20. The summed E-state index contributed by atoms with van der Waals surface area (Å²) in [6.45, 7) is 1.96. The summed E-state index contributed by atoms with van der Waals surface area (Å²) in [7, 11) is 1.73. The number of amides is 1. The quantitative estimate of drug-likeness (QED) is 0.402. The van der Waals surface area contributed by atoms with E-state index >= 15 is 0 Å². The van der Waals surface area contributed by atoms with Gasteiger partial charge in [0.1, 0.15) is 5.75 Å². The lowest BCUT2D eigenvalue weighted by Crippen LogP contribution is -2.48. The highest BCUT2D eigenvalue weighted by atomic mass is 19.4. The number of rotatable bonds is 7. The third-order valence-corrected chi connectivity index (χ3v) is 7.00. The number of hydrogen-bond acceptors (Lipinski definition) is 6. The number of tetrazole rings is 1. The second-order valence-corrected chi connectivity index (χ2v) is 9.49. The summed E-state index contributed by atoms with van der Waals surface area (Å²) in [5.41, 5.74) is 5.19. The van der Waals surface area contributed by atoms with Crippen molar-refractivity contribution in [2.45, 2.75) is 50.7 Å². The van der Waals surface area contributed by atoms with E-state index in [1.54, 1.807) is 7.05 Å². The molecule has 0 saturated carbocycles. The van der Waals surface area contributed by atoms with Crippen molar-refractivity contribution in [3.05, 3.63) is 64.5 Å². The van der Waals surface area contributed by atoms with Crippen LogP contribution in [0.3, 0.4) is 0 Å². The van der Waals surface area contributed by atoms with Crippen LogP contribution in [0.4, 0.5) is 18.9 Å². The molecular weight excluding hydrogens is 485 g/mol. The van der Waals surface area contributed by atoms with Gasteiger partial charge in [0, 0.05) is 19.9 Å². The molecule has 1 amide bonds. The number of halogens is 3. The Kier molecular flexibility index (Phi) is 6.38. The van der Waals surface area contributed by atoms with E-state index in [-0.39, 0.29) is 24.8 Å². The number of aryl methyl sites for hydroxylation is 2. The highest BCUT2D eigenvalue weighted by molar-refractivity contribution is 6.27. The summed E-state index contributed by atoms with van der Waals surface area (Å²) in [6.07, 6.45) is -3.33. The standard InChI is InChI=1S/C26H27F3N6O2/c1-15-4-6-16(7-5-15)18-14-25(31-24(36)22(18)23-32-34-35-33-23)10-8-17-12-21(20(30-2)13-19(17)25)37-11-3-9-26(27,28)29/h4-7,12-13,30H,3,8-11,14H2,1-2H3,(H,31,36)(H,32,33,34,35)/t25-/m0/s1. The maximum Gasteiger partial charge on any atom is 0.389 e. The minimum absolute atomic E-state index is 0.0385. The molecule has 11 heteroatoms. The van der Waals surface area contributed by atoms with Crippen LogP contribution in [0.5, 0.6) is 5.75 Å². The largest absolute Gasteiger partial charge is 0.491 e. The van der Waals surface area contributed by atoms with E-state index in [1.807, 2.05) is 43.3 Å². The van der Waals surface area contributed by atoms with Crippen LogP contribution in [0.25, 0.3) is 11.1 Å². The Morgan fingerprint density at radius 3 is 2.65 bits per heavy atom. The van der Waals surface area contributed by atoms with Gasteiger partial charge in [-0.1, -0.05) is 29.8 Å². The zero-order valence-corrected chi connectivity index (χ0v) is 20.5. The summed E-state index contributed by atoms with van der Waals surface area (Å²) < 4.78 is 43.3. The van der Waals surface area contributed by atoms with Crippen molar-refractivity contribution in [1.29, 1.82) is 0 Å². The second-order valence-electron chi connectivity index (χ2n) is 9.49. The van der Waals surface area contributed by atoms with Gasteiger partial charge in [0.05, 0.1) is 23.4 Å². The molecule has 37 heavy (non-hydrogen) atoms. The summed E-state index contributed by atoms with van der Waals surface area (Å²) in [5, 5.41) is 20.5. The predicted molar refractivity (Wildman–Crippen MR) is 132 cm³/mol. The lowest BCUT2D eigenvalue weighted by atomic mass is 9.77. The Bertz CT molecular complexity index is 1340. The van der Waals surface area contributed by atoms with Crippen LogP contribution >= 0.6 is 0 Å². The molecule has 3 aromatic rings. The van der Waals surface area contributed by atoms with Gasteiger partial charge in [-0.05, 0) is 65.8 Å². The van der Waals surface area contributed by atoms with Gasteiger partial charge in [0.2, 0.25) is 5.82 Å². The molecule has 1 aliphatic carbocycles. The lowest BCUT2D eigenvalue weighted by Gasteiger charge is -2.38. The van der Waals surface area contributed by atoms with Crippen molar-refractivity contribution >= 4 is 22.7 Å². The first kappa shape index (κ1) is 24.8. The van der Waals surface area contributed by atoms with Crippen LogP contribution in [-0.4, -0.2) is 46.4 Å². The summed E-state index contributed by atoms with van der Waals surface area (Å²) in [5.74, 6) is 0.457. The molecule has 1 aromatic heterocycles. The Hall–Kier alpha value is -3.89. The van der Waals surface area contributed by atoms with E-state index in [0.29, 0.717) is 36.3 Å². The number of benzene rings is 2. The number of hydrogen-bond donors (Lipinski definition) is 3. The topological polar surface area (TPSA) is 105 Å². The molecule has 2 aromatic carbocycles. The zero-order chi connectivity index (χ0) is 26.2. The molecular formula is C26H27F3N6O2. The number of anilines is 1. The number of carbonyl (C=O) groups excluding carboxylic acids is 1. The normalized spacial score (nSPS) is 19.2. The molecule has 2 aliphatic rings.